The van der Waals surface area contributed by atoms with E-state index >= 15 is 0 Å². The van der Waals surface area contributed by atoms with Gasteiger partial charge in [-0.25, -0.2) is 9.78 Å². The lowest BCUT2D eigenvalue weighted by atomic mass is 10.1. The minimum Gasteiger partial charge on any atom is -0.333 e. The van der Waals surface area contributed by atoms with Crippen LogP contribution in [0.25, 0.3) is 0 Å². The average molecular weight is 220 g/mol. The Morgan fingerprint density at radius 1 is 1.38 bits per heavy atom. The van der Waals surface area contributed by atoms with E-state index in [4.69, 9.17) is 0 Å². The first-order valence-electron chi connectivity index (χ1n) is 5.87. The van der Waals surface area contributed by atoms with Crippen LogP contribution in [0.3, 0.4) is 0 Å². The van der Waals surface area contributed by atoms with E-state index in [0.29, 0.717) is 12.1 Å². The van der Waals surface area contributed by atoms with Crippen LogP contribution in [0.5, 0.6) is 0 Å². The van der Waals surface area contributed by atoms with Crippen molar-refractivity contribution in [3.05, 3.63) is 18.7 Å². The molecular weight excluding hydrogens is 204 g/mol. The molecular formula is C11H16N4O. The summed E-state index contributed by atoms with van der Waals surface area (Å²) in [5.41, 5.74) is 0. The molecule has 16 heavy (non-hydrogen) atoms. The quantitative estimate of drug-likeness (QED) is 0.757. The molecule has 2 unspecified atom stereocenters. The van der Waals surface area contributed by atoms with Crippen molar-refractivity contribution in [2.45, 2.75) is 31.3 Å². The van der Waals surface area contributed by atoms with Crippen LogP contribution < -0.4 is 5.32 Å². The molecule has 0 aromatic carbocycles. The zero-order chi connectivity index (χ0) is 11.0. The van der Waals surface area contributed by atoms with Crippen molar-refractivity contribution >= 4 is 6.03 Å². The summed E-state index contributed by atoms with van der Waals surface area (Å²) in [5.74, 6) is 0. The Labute approximate surface area is 94.4 Å². The van der Waals surface area contributed by atoms with Gasteiger partial charge in [0.15, 0.2) is 0 Å². The summed E-state index contributed by atoms with van der Waals surface area (Å²) < 4.78 is 1.50. The molecule has 1 N–H and O–H groups in total. The lowest BCUT2D eigenvalue weighted by Gasteiger charge is -2.21. The van der Waals surface area contributed by atoms with Gasteiger partial charge in [-0.1, -0.05) is 0 Å². The summed E-state index contributed by atoms with van der Waals surface area (Å²) >= 11 is 0. The number of aromatic nitrogens is 2. The highest BCUT2D eigenvalue weighted by molar-refractivity contribution is 5.76. The maximum absolute atomic E-state index is 11.8. The van der Waals surface area contributed by atoms with Crippen molar-refractivity contribution in [3.8, 4) is 0 Å². The maximum atomic E-state index is 11.8. The van der Waals surface area contributed by atoms with Crippen molar-refractivity contribution in [1.29, 1.82) is 0 Å². The number of imidazole rings is 1. The molecule has 1 amide bonds. The molecule has 0 aliphatic carbocycles. The van der Waals surface area contributed by atoms with Crippen LogP contribution in [0.1, 0.15) is 19.3 Å². The number of carbonyl (C=O) groups is 1. The van der Waals surface area contributed by atoms with Crippen LogP contribution in [-0.2, 0) is 0 Å². The SMILES string of the molecule is O=C(NC1CCN2CCCC12)n1ccnc1. The normalized spacial score (nSPS) is 29.2. The molecule has 0 radical (unpaired) electrons. The molecule has 2 fully saturated rings. The van der Waals surface area contributed by atoms with Crippen molar-refractivity contribution < 1.29 is 4.79 Å². The number of amides is 1. The molecule has 3 heterocycles. The Hall–Kier alpha value is -1.36. The first-order valence-corrected chi connectivity index (χ1v) is 5.87. The second-order valence-corrected chi connectivity index (χ2v) is 4.56. The van der Waals surface area contributed by atoms with Gasteiger partial charge in [0.2, 0.25) is 0 Å². The third-order valence-electron chi connectivity index (χ3n) is 3.65. The highest BCUT2D eigenvalue weighted by Gasteiger charge is 2.37. The Balaban J connectivity index is 1.65. The van der Waals surface area contributed by atoms with E-state index in [2.05, 4.69) is 15.2 Å². The smallest absolute Gasteiger partial charge is 0.327 e. The Kier molecular flexibility index (Phi) is 2.40. The predicted octanol–water partition coefficient (Wildman–Crippen LogP) is 0.677. The zero-order valence-electron chi connectivity index (χ0n) is 9.17. The van der Waals surface area contributed by atoms with Gasteiger partial charge in [0.1, 0.15) is 6.33 Å². The van der Waals surface area contributed by atoms with E-state index in [1.54, 1.807) is 12.4 Å². The fourth-order valence-corrected chi connectivity index (χ4v) is 2.86. The summed E-state index contributed by atoms with van der Waals surface area (Å²) in [6.07, 6.45) is 8.39. The van der Waals surface area contributed by atoms with Gasteiger partial charge in [0.05, 0.1) is 0 Å². The van der Waals surface area contributed by atoms with Gasteiger partial charge in [0, 0.05) is 31.0 Å². The molecule has 1 aromatic heterocycles. The van der Waals surface area contributed by atoms with Crippen LogP contribution in [0.2, 0.25) is 0 Å². The van der Waals surface area contributed by atoms with E-state index in [1.807, 2.05) is 0 Å². The molecule has 0 saturated carbocycles. The minimum atomic E-state index is -0.0590. The van der Waals surface area contributed by atoms with Crippen LogP contribution in [-0.4, -0.2) is 45.7 Å². The molecule has 2 aliphatic rings. The van der Waals surface area contributed by atoms with Crippen molar-refractivity contribution in [2.24, 2.45) is 0 Å². The summed E-state index contributed by atoms with van der Waals surface area (Å²) in [7, 11) is 0. The van der Waals surface area contributed by atoms with Crippen LogP contribution in [0, 0.1) is 0 Å². The van der Waals surface area contributed by atoms with Crippen molar-refractivity contribution in [1.82, 2.24) is 19.8 Å². The first-order chi connectivity index (χ1) is 7.84. The molecule has 2 saturated heterocycles. The highest BCUT2D eigenvalue weighted by atomic mass is 16.2. The van der Waals surface area contributed by atoms with E-state index < -0.39 is 0 Å². The van der Waals surface area contributed by atoms with Gasteiger partial charge in [0.25, 0.3) is 0 Å². The summed E-state index contributed by atoms with van der Waals surface area (Å²) in [6, 6.07) is 0.820. The van der Waals surface area contributed by atoms with Crippen LogP contribution >= 0.6 is 0 Å². The summed E-state index contributed by atoms with van der Waals surface area (Å²) in [4.78, 5) is 18.2. The first kappa shape index (κ1) is 9.84. The molecule has 2 atom stereocenters. The van der Waals surface area contributed by atoms with Crippen molar-refractivity contribution in [2.75, 3.05) is 13.1 Å². The number of fused-ring (bicyclic) bond motifs is 1. The van der Waals surface area contributed by atoms with E-state index in [-0.39, 0.29) is 6.03 Å². The number of hydrogen-bond donors (Lipinski definition) is 1. The average Bonchev–Trinajstić information content (AvgIpc) is 2.94. The van der Waals surface area contributed by atoms with E-state index in [0.717, 1.165) is 13.0 Å². The summed E-state index contributed by atoms with van der Waals surface area (Å²) in [5, 5.41) is 3.10. The standard InChI is InChI=1S/C11H16N4O/c16-11(15-7-4-12-8-15)13-9-3-6-14-5-1-2-10(9)14/h4,7-10H,1-3,5-6H2,(H,13,16). The lowest BCUT2D eigenvalue weighted by molar-refractivity contribution is 0.233. The fraction of sp³-hybridized carbons (Fsp3) is 0.636. The number of nitrogens with zero attached hydrogens (tertiary/aromatic N) is 3. The molecule has 2 aliphatic heterocycles. The second-order valence-electron chi connectivity index (χ2n) is 4.56. The van der Waals surface area contributed by atoms with E-state index in [9.17, 15) is 4.79 Å². The maximum Gasteiger partial charge on any atom is 0.327 e. The molecule has 1 aromatic rings. The second kappa shape index (κ2) is 3.90. The molecule has 86 valence electrons. The molecule has 5 nitrogen and oxygen atoms in total. The molecule has 0 bridgehead atoms. The van der Waals surface area contributed by atoms with E-state index in [1.165, 1.54) is 30.3 Å². The van der Waals surface area contributed by atoms with Crippen molar-refractivity contribution in [3.63, 3.8) is 0 Å². The highest BCUT2D eigenvalue weighted by Crippen LogP contribution is 2.27. The Morgan fingerprint density at radius 2 is 2.31 bits per heavy atom. The number of hydrogen-bond acceptors (Lipinski definition) is 3. The minimum absolute atomic E-state index is 0.0590. The molecule has 5 heteroatoms. The van der Waals surface area contributed by atoms with Gasteiger partial charge in [-0.15, -0.1) is 0 Å². The third-order valence-corrected chi connectivity index (χ3v) is 3.65. The Morgan fingerprint density at radius 3 is 3.12 bits per heavy atom. The third kappa shape index (κ3) is 1.61. The topological polar surface area (TPSA) is 50.2 Å². The van der Waals surface area contributed by atoms with Gasteiger partial charge in [-0.05, 0) is 25.8 Å². The number of carbonyl (C=O) groups excluding carboxylic acids is 1. The molecule has 0 spiro atoms. The monoisotopic (exact) mass is 220 g/mol. The van der Waals surface area contributed by atoms with Gasteiger partial charge < -0.3 is 5.32 Å². The van der Waals surface area contributed by atoms with Gasteiger partial charge >= 0.3 is 6.03 Å². The Bertz CT molecular complexity index is 375. The van der Waals surface area contributed by atoms with Gasteiger partial charge in [-0.2, -0.15) is 0 Å². The van der Waals surface area contributed by atoms with Gasteiger partial charge in [-0.3, -0.25) is 9.47 Å². The number of rotatable bonds is 1. The number of nitrogens with one attached hydrogen (secondary N) is 1. The predicted molar refractivity (Wildman–Crippen MR) is 59.2 cm³/mol. The zero-order valence-corrected chi connectivity index (χ0v) is 9.17. The summed E-state index contributed by atoms with van der Waals surface area (Å²) in [6.45, 7) is 2.32. The molecule has 3 rings (SSSR count). The van der Waals surface area contributed by atoms with Crippen LogP contribution in [0.15, 0.2) is 18.7 Å². The fourth-order valence-electron chi connectivity index (χ4n) is 2.86. The largest absolute Gasteiger partial charge is 0.333 e. The van der Waals surface area contributed by atoms with Crippen LogP contribution in [0.4, 0.5) is 4.79 Å². The lowest BCUT2D eigenvalue weighted by Crippen LogP contribution is -2.43.